The number of aromatic nitrogens is 1. The lowest BCUT2D eigenvalue weighted by atomic mass is 9.98. The third-order valence-corrected chi connectivity index (χ3v) is 6.10. The van der Waals surface area contributed by atoms with Gasteiger partial charge in [-0.25, -0.2) is 4.99 Å². The SMILES string of the molecule is COc1ccc(C2=N/C(=C(/c3ccccc3)c3ccc(-c4ccc(OC)cc4)n3B(F)F)C=C2)cc1. The van der Waals surface area contributed by atoms with Crippen LogP contribution in [0.1, 0.15) is 16.8 Å². The predicted molar refractivity (Wildman–Crippen MR) is 141 cm³/mol. The van der Waals surface area contributed by atoms with Gasteiger partial charge < -0.3 is 14.0 Å². The summed E-state index contributed by atoms with van der Waals surface area (Å²) in [7, 11) is 0.443. The summed E-state index contributed by atoms with van der Waals surface area (Å²) in [5, 5.41) is 0. The number of allylic oxidation sites excluding steroid dienone is 2. The Morgan fingerprint density at radius 3 is 1.92 bits per heavy atom. The number of methoxy groups -OCH3 is 2. The molecule has 0 amide bonds. The van der Waals surface area contributed by atoms with E-state index in [1.807, 2.05) is 66.7 Å². The maximum Gasteiger partial charge on any atom is 0.678 e. The summed E-state index contributed by atoms with van der Waals surface area (Å²) < 4.78 is 40.7. The van der Waals surface area contributed by atoms with Gasteiger partial charge in [0.2, 0.25) is 0 Å². The number of halogens is 2. The van der Waals surface area contributed by atoms with Gasteiger partial charge in [0.05, 0.1) is 25.6 Å². The third-order valence-electron chi connectivity index (χ3n) is 6.10. The van der Waals surface area contributed by atoms with Crippen LogP contribution in [0.5, 0.6) is 11.5 Å². The zero-order chi connectivity index (χ0) is 25.1. The number of benzene rings is 3. The molecular formula is C29H23BF2N2O2. The zero-order valence-corrected chi connectivity index (χ0v) is 19.9. The highest BCUT2D eigenvalue weighted by Crippen LogP contribution is 2.35. The monoisotopic (exact) mass is 480 g/mol. The van der Waals surface area contributed by atoms with E-state index in [-0.39, 0.29) is 0 Å². The van der Waals surface area contributed by atoms with Crippen LogP contribution in [-0.4, -0.2) is 31.8 Å². The molecular weight excluding hydrogens is 457 g/mol. The van der Waals surface area contributed by atoms with Gasteiger partial charge in [0.15, 0.2) is 0 Å². The molecule has 0 radical (unpaired) electrons. The second-order valence-corrected chi connectivity index (χ2v) is 8.17. The normalized spacial score (nSPS) is 13.9. The van der Waals surface area contributed by atoms with Gasteiger partial charge in [0.25, 0.3) is 0 Å². The van der Waals surface area contributed by atoms with Crippen molar-refractivity contribution < 1.29 is 18.1 Å². The number of aliphatic imine (C=N–C) groups is 1. The molecule has 36 heavy (non-hydrogen) atoms. The van der Waals surface area contributed by atoms with E-state index in [0.29, 0.717) is 34.0 Å². The highest BCUT2D eigenvalue weighted by molar-refractivity contribution is 6.42. The first-order chi connectivity index (χ1) is 17.6. The minimum absolute atomic E-state index is 0.390. The maximum absolute atomic E-state index is 14.6. The zero-order valence-electron chi connectivity index (χ0n) is 19.9. The van der Waals surface area contributed by atoms with E-state index in [1.165, 1.54) is 0 Å². The Bertz CT molecular complexity index is 1460. The number of nitrogens with zero attached hydrogens (tertiary/aromatic N) is 2. The molecule has 0 spiro atoms. The molecule has 178 valence electrons. The van der Waals surface area contributed by atoms with Gasteiger partial charge in [-0.2, -0.15) is 0 Å². The Balaban J connectivity index is 1.66. The minimum Gasteiger partial charge on any atom is -0.497 e. The fourth-order valence-electron chi connectivity index (χ4n) is 4.32. The van der Waals surface area contributed by atoms with E-state index in [9.17, 15) is 8.63 Å². The van der Waals surface area contributed by atoms with Crippen LogP contribution in [0.25, 0.3) is 16.8 Å². The molecule has 0 N–H and O–H groups in total. The van der Waals surface area contributed by atoms with Gasteiger partial charge in [-0.1, -0.05) is 30.3 Å². The molecule has 1 aromatic heterocycles. The lowest BCUT2D eigenvalue weighted by Crippen LogP contribution is -2.17. The summed E-state index contributed by atoms with van der Waals surface area (Å²) in [5.74, 6) is 1.42. The van der Waals surface area contributed by atoms with Crippen LogP contribution in [0.2, 0.25) is 0 Å². The summed E-state index contributed by atoms with van der Waals surface area (Å²) in [4.78, 5) is 4.84. The smallest absolute Gasteiger partial charge is 0.497 e. The van der Waals surface area contributed by atoms with Crippen molar-refractivity contribution in [3.8, 4) is 22.8 Å². The Morgan fingerprint density at radius 1 is 0.722 bits per heavy atom. The number of hydrogen-bond donors (Lipinski definition) is 0. The van der Waals surface area contributed by atoms with E-state index in [0.717, 1.165) is 27.1 Å². The molecule has 5 rings (SSSR count). The summed E-state index contributed by atoms with van der Waals surface area (Å²) in [6.45, 7) is 0. The highest BCUT2D eigenvalue weighted by Gasteiger charge is 2.28. The van der Waals surface area contributed by atoms with E-state index >= 15 is 0 Å². The van der Waals surface area contributed by atoms with Crippen LogP contribution in [0, 0.1) is 0 Å². The molecule has 4 aromatic rings. The van der Waals surface area contributed by atoms with Gasteiger partial charge >= 0.3 is 7.40 Å². The summed E-state index contributed by atoms with van der Waals surface area (Å²) in [6.07, 6.45) is 3.78. The minimum atomic E-state index is -2.75. The van der Waals surface area contributed by atoms with Crippen molar-refractivity contribution in [2.75, 3.05) is 14.2 Å². The van der Waals surface area contributed by atoms with Crippen molar-refractivity contribution in [1.82, 2.24) is 4.48 Å². The highest BCUT2D eigenvalue weighted by atomic mass is 19.2. The second kappa shape index (κ2) is 10.1. The van der Waals surface area contributed by atoms with E-state index in [1.54, 1.807) is 50.6 Å². The summed E-state index contributed by atoms with van der Waals surface area (Å²) >= 11 is 0. The van der Waals surface area contributed by atoms with Crippen LogP contribution >= 0.6 is 0 Å². The summed E-state index contributed by atoms with van der Waals surface area (Å²) in [5.41, 5.74) is 5.20. The molecule has 7 heteroatoms. The van der Waals surface area contributed by atoms with Crippen molar-refractivity contribution >= 4 is 18.7 Å². The molecule has 0 atom stereocenters. The molecule has 0 saturated carbocycles. The van der Waals surface area contributed by atoms with Crippen LogP contribution in [-0.2, 0) is 0 Å². The predicted octanol–water partition coefficient (Wildman–Crippen LogP) is 6.76. The average Bonchev–Trinajstić information content (AvgIpc) is 3.58. The standard InChI is InChI=1S/C29H23BF2N2O2/c1-35-23-12-8-20(9-13-23)25-16-17-26(33-25)29(22-6-4-3-5-7-22)28-19-18-27(34(28)30(31)32)21-10-14-24(36-2)15-11-21/h3-19H,1-2H3/b29-26-. The largest absolute Gasteiger partial charge is 0.678 e. The lowest BCUT2D eigenvalue weighted by Gasteiger charge is -2.15. The molecule has 0 bridgehead atoms. The molecule has 0 unspecified atom stereocenters. The third kappa shape index (κ3) is 4.47. The molecule has 1 aliphatic heterocycles. The van der Waals surface area contributed by atoms with Crippen LogP contribution in [0.3, 0.4) is 0 Å². The molecule has 2 heterocycles. The van der Waals surface area contributed by atoms with Gasteiger partial charge in [-0.05, 0) is 83.9 Å². The molecule has 0 saturated heterocycles. The molecule has 1 aliphatic rings. The number of ether oxygens (including phenoxy) is 2. The van der Waals surface area contributed by atoms with Crippen molar-refractivity contribution in [1.29, 1.82) is 0 Å². The van der Waals surface area contributed by atoms with Crippen LogP contribution < -0.4 is 9.47 Å². The van der Waals surface area contributed by atoms with Gasteiger partial charge in [-0.15, -0.1) is 0 Å². The molecule has 4 nitrogen and oxygen atoms in total. The Morgan fingerprint density at radius 2 is 1.33 bits per heavy atom. The summed E-state index contributed by atoms with van der Waals surface area (Å²) in [6, 6.07) is 27.6. The van der Waals surface area contributed by atoms with Crippen molar-refractivity contribution in [2.45, 2.75) is 0 Å². The fraction of sp³-hybridized carbons (Fsp3) is 0.0690. The first kappa shape index (κ1) is 23.4. The van der Waals surface area contributed by atoms with Crippen molar-refractivity contribution in [3.63, 3.8) is 0 Å². The van der Waals surface area contributed by atoms with E-state index in [4.69, 9.17) is 14.5 Å². The molecule has 0 fully saturated rings. The van der Waals surface area contributed by atoms with Gasteiger partial charge in [0, 0.05) is 22.5 Å². The fourth-order valence-corrected chi connectivity index (χ4v) is 4.32. The van der Waals surface area contributed by atoms with Gasteiger partial charge in [0.1, 0.15) is 11.5 Å². The van der Waals surface area contributed by atoms with E-state index in [2.05, 4.69) is 0 Å². The van der Waals surface area contributed by atoms with Crippen molar-refractivity contribution in [3.05, 3.63) is 126 Å². The number of hydrogen-bond acceptors (Lipinski definition) is 3. The quantitative estimate of drug-likeness (QED) is 0.274. The lowest BCUT2D eigenvalue weighted by molar-refractivity contribution is 0.414. The Hall–Kier alpha value is -4.39. The topological polar surface area (TPSA) is 35.8 Å². The van der Waals surface area contributed by atoms with E-state index < -0.39 is 7.40 Å². The maximum atomic E-state index is 14.6. The van der Waals surface area contributed by atoms with Crippen molar-refractivity contribution in [2.24, 2.45) is 4.99 Å². The first-order valence-electron chi connectivity index (χ1n) is 11.4. The first-order valence-corrected chi connectivity index (χ1v) is 11.4. The average molecular weight is 480 g/mol. The van der Waals surface area contributed by atoms with Gasteiger partial charge in [-0.3, -0.25) is 8.63 Å². The second-order valence-electron chi connectivity index (χ2n) is 8.17. The Labute approximate surface area is 209 Å². The Kier molecular flexibility index (Phi) is 6.54. The van der Waals surface area contributed by atoms with Crippen LogP contribution in [0.15, 0.2) is 114 Å². The number of rotatable bonds is 7. The van der Waals surface area contributed by atoms with Crippen LogP contribution in [0.4, 0.5) is 8.63 Å². The molecule has 0 aliphatic carbocycles. The molecule has 3 aromatic carbocycles.